The van der Waals surface area contributed by atoms with Gasteiger partial charge < -0.3 is 0 Å². The Balaban J connectivity index is 1.56. The summed E-state index contributed by atoms with van der Waals surface area (Å²) in [7, 11) is -0.243. The van der Waals surface area contributed by atoms with Crippen molar-refractivity contribution in [1.29, 1.82) is 0 Å². The summed E-state index contributed by atoms with van der Waals surface area (Å²) < 4.78 is 0. The molecule has 1 aliphatic heterocycles. The smallest absolute Gasteiger partial charge is 0.0195 e. The first-order valence-corrected chi connectivity index (χ1v) is 12.7. The van der Waals surface area contributed by atoms with E-state index in [1.54, 1.807) is 5.30 Å². The van der Waals surface area contributed by atoms with Gasteiger partial charge in [0.25, 0.3) is 0 Å². The van der Waals surface area contributed by atoms with Crippen LogP contribution < -0.4 is 15.9 Å². The van der Waals surface area contributed by atoms with Crippen LogP contribution in [0.25, 0.3) is 0 Å². The molecule has 3 aromatic rings. The topological polar surface area (TPSA) is 0 Å². The van der Waals surface area contributed by atoms with E-state index in [0.29, 0.717) is 0 Å². The largest absolute Gasteiger partial charge is 0.0747 e. The molecule has 1 fully saturated rings. The summed E-state index contributed by atoms with van der Waals surface area (Å²) in [5.74, 6) is 1.67. The molecule has 0 aliphatic carbocycles. The van der Waals surface area contributed by atoms with Crippen molar-refractivity contribution >= 4 is 31.8 Å². The molecule has 0 radical (unpaired) electrons. The summed E-state index contributed by atoms with van der Waals surface area (Å²) in [5.41, 5.74) is 0. The van der Waals surface area contributed by atoms with Crippen LogP contribution >= 0.6 is 15.8 Å². The second kappa shape index (κ2) is 8.47. The summed E-state index contributed by atoms with van der Waals surface area (Å²) in [6, 6.07) is 33.6. The average Bonchev–Trinajstić information content (AvgIpc) is 3.08. The van der Waals surface area contributed by atoms with E-state index in [9.17, 15) is 0 Å². The van der Waals surface area contributed by atoms with Crippen molar-refractivity contribution in [2.45, 2.75) is 6.92 Å². The van der Waals surface area contributed by atoms with E-state index in [1.165, 1.54) is 29.1 Å². The van der Waals surface area contributed by atoms with Crippen LogP contribution in [-0.4, -0.2) is 18.5 Å². The average molecular weight is 376 g/mol. The van der Waals surface area contributed by atoms with Gasteiger partial charge in [0.15, 0.2) is 0 Å². The Labute approximate surface area is 160 Å². The molecule has 1 heterocycles. The highest BCUT2D eigenvalue weighted by molar-refractivity contribution is 7.73. The van der Waals surface area contributed by atoms with Crippen LogP contribution in [0.3, 0.4) is 0 Å². The molecule has 3 aromatic carbocycles. The molecule has 2 heteroatoms. The van der Waals surface area contributed by atoms with Crippen LogP contribution in [-0.2, 0) is 0 Å². The van der Waals surface area contributed by atoms with Gasteiger partial charge in [0.2, 0.25) is 0 Å². The Kier molecular flexibility index (Phi) is 5.84. The van der Waals surface area contributed by atoms with E-state index in [0.717, 1.165) is 11.8 Å². The van der Waals surface area contributed by atoms with Crippen LogP contribution in [0, 0.1) is 11.8 Å². The van der Waals surface area contributed by atoms with Crippen molar-refractivity contribution in [2.24, 2.45) is 11.8 Å². The van der Waals surface area contributed by atoms with E-state index in [1.807, 2.05) is 0 Å². The molecule has 4 rings (SSSR count). The Morgan fingerprint density at radius 1 is 0.731 bits per heavy atom. The summed E-state index contributed by atoms with van der Waals surface area (Å²) >= 11 is 0. The molecule has 0 bridgehead atoms. The highest BCUT2D eigenvalue weighted by Gasteiger charge is 2.33. The minimum absolute atomic E-state index is 0.0231. The van der Waals surface area contributed by atoms with Crippen LogP contribution in [0.5, 0.6) is 0 Å². The number of hydrogen-bond acceptors (Lipinski definition) is 0. The highest BCUT2D eigenvalue weighted by atomic mass is 31.1. The summed E-state index contributed by atoms with van der Waals surface area (Å²) in [5, 5.41) is 4.65. The molecule has 26 heavy (non-hydrogen) atoms. The second-order valence-corrected chi connectivity index (χ2v) is 11.8. The number of hydrogen-bond donors (Lipinski definition) is 0. The first kappa shape index (κ1) is 17.9. The van der Waals surface area contributed by atoms with Gasteiger partial charge in [-0.2, -0.15) is 0 Å². The monoisotopic (exact) mass is 376 g/mol. The van der Waals surface area contributed by atoms with Gasteiger partial charge in [0.05, 0.1) is 0 Å². The SMILES string of the molecule is C[C@H]1CP(c2ccccc2)C[C@H]1CP(c1ccccc1)c1ccccc1. The third-order valence-electron chi connectivity index (χ3n) is 5.44. The van der Waals surface area contributed by atoms with E-state index in [-0.39, 0.29) is 15.8 Å². The van der Waals surface area contributed by atoms with Crippen molar-refractivity contribution in [3.05, 3.63) is 91.0 Å². The van der Waals surface area contributed by atoms with Crippen LogP contribution in [0.4, 0.5) is 0 Å². The maximum atomic E-state index is 2.49. The lowest BCUT2D eigenvalue weighted by Gasteiger charge is -2.24. The Morgan fingerprint density at radius 3 is 1.77 bits per heavy atom. The Morgan fingerprint density at radius 2 is 1.23 bits per heavy atom. The zero-order valence-corrected chi connectivity index (χ0v) is 17.1. The molecule has 0 N–H and O–H groups in total. The van der Waals surface area contributed by atoms with E-state index in [2.05, 4.69) is 97.9 Å². The highest BCUT2D eigenvalue weighted by Crippen LogP contribution is 2.51. The Bertz CT molecular complexity index is 762. The van der Waals surface area contributed by atoms with Crippen molar-refractivity contribution in [3.8, 4) is 0 Å². The number of benzene rings is 3. The minimum atomic E-state index is -0.266. The molecule has 3 atom stereocenters. The van der Waals surface area contributed by atoms with E-state index >= 15 is 0 Å². The van der Waals surface area contributed by atoms with Crippen molar-refractivity contribution in [3.63, 3.8) is 0 Å². The quantitative estimate of drug-likeness (QED) is 0.538. The lowest BCUT2D eigenvalue weighted by atomic mass is 10.0. The summed E-state index contributed by atoms with van der Waals surface area (Å²) in [6.45, 7) is 2.49. The van der Waals surface area contributed by atoms with Crippen LogP contribution in [0.2, 0.25) is 0 Å². The van der Waals surface area contributed by atoms with Gasteiger partial charge in [0, 0.05) is 0 Å². The van der Waals surface area contributed by atoms with Gasteiger partial charge >= 0.3 is 0 Å². The maximum Gasteiger partial charge on any atom is -0.0195 e. The fourth-order valence-corrected chi connectivity index (χ4v) is 10.1. The zero-order valence-electron chi connectivity index (χ0n) is 15.3. The summed E-state index contributed by atoms with van der Waals surface area (Å²) in [4.78, 5) is 0. The molecule has 132 valence electrons. The maximum absolute atomic E-state index is 2.49. The molecular weight excluding hydrogens is 350 g/mol. The molecule has 0 saturated carbocycles. The summed E-state index contributed by atoms with van der Waals surface area (Å²) in [6.07, 6.45) is 4.13. The molecule has 1 aliphatic rings. The van der Waals surface area contributed by atoms with E-state index in [4.69, 9.17) is 0 Å². The molecule has 0 amide bonds. The first-order chi connectivity index (χ1) is 12.8. The third-order valence-corrected chi connectivity index (χ3v) is 11.1. The van der Waals surface area contributed by atoms with Gasteiger partial charge in [-0.25, -0.2) is 0 Å². The lowest BCUT2D eigenvalue weighted by Crippen LogP contribution is -2.21. The van der Waals surface area contributed by atoms with Gasteiger partial charge in [-0.3, -0.25) is 0 Å². The predicted octanol–water partition coefficient (Wildman–Crippen LogP) is 5.19. The molecule has 0 spiro atoms. The molecule has 1 saturated heterocycles. The van der Waals surface area contributed by atoms with Crippen molar-refractivity contribution in [1.82, 2.24) is 0 Å². The van der Waals surface area contributed by atoms with Gasteiger partial charge in [-0.15, -0.1) is 0 Å². The van der Waals surface area contributed by atoms with Crippen LogP contribution in [0.1, 0.15) is 6.92 Å². The standard InChI is InChI=1S/C24H26P2/c1-20-17-25(22-11-5-2-6-12-22)18-21(20)19-26(23-13-7-3-8-14-23)24-15-9-4-10-16-24/h2-16,20-21H,17-19H2,1H3/t20-,21-,25?/m0/s1. The fraction of sp³-hybridized carbons (Fsp3) is 0.250. The van der Waals surface area contributed by atoms with Gasteiger partial charge in [0.1, 0.15) is 0 Å². The normalized spacial score (nSPS) is 22.6. The molecule has 1 unspecified atom stereocenters. The van der Waals surface area contributed by atoms with E-state index < -0.39 is 0 Å². The third kappa shape index (κ3) is 4.09. The zero-order chi connectivity index (χ0) is 17.8. The minimum Gasteiger partial charge on any atom is -0.0747 e. The number of rotatable bonds is 5. The van der Waals surface area contributed by atoms with Crippen molar-refractivity contribution < 1.29 is 0 Å². The first-order valence-electron chi connectivity index (χ1n) is 9.49. The fourth-order valence-electron chi connectivity index (χ4n) is 3.93. The molecule has 0 aromatic heterocycles. The Hall–Kier alpha value is -1.48. The van der Waals surface area contributed by atoms with Crippen molar-refractivity contribution in [2.75, 3.05) is 18.5 Å². The van der Waals surface area contributed by atoms with Crippen LogP contribution in [0.15, 0.2) is 91.0 Å². The molecule has 0 nitrogen and oxygen atoms in total. The lowest BCUT2D eigenvalue weighted by molar-refractivity contribution is 0.500. The molecular formula is C24H26P2. The van der Waals surface area contributed by atoms with Gasteiger partial charge in [-0.05, 0) is 54.2 Å². The second-order valence-electron chi connectivity index (χ2n) is 7.26. The van der Waals surface area contributed by atoms with Gasteiger partial charge in [-0.1, -0.05) is 106 Å². The predicted molar refractivity (Wildman–Crippen MR) is 119 cm³/mol.